The number of carbonyl (C=O) groups excluding carboxylic acids is 1. The summed E-state index contributed by atoms with van der Waals surface area (Å²) in [5, 5.41) is 3.56. The molecule has 0 unspecified atom stereocenters. The van der Waals surface area contributed by atoms with Crippen LogP contribution in [-0.2, 0) is 6.42 Å². The maximum atomic E-state index is 12.3. The molecule has 0 aliphatic heterocycles. The van der Waals surface area contributed by atoms with Gasteiger partial charge in [0.25, 0.3) is 5.91 Å². The SMILES string of the molecule is COc1cc(C(=O)NCCc2cccc(Cl)c2)cc(OC)c1OC. The van der Waals surface area contributed by atoms with Crippen LogP contribution >= 0.6 is 11.6 Å². The van der Waals surface area contributed by atoms with Crippen molar-refractivity contribution in [3.8, 4) is 17.2 Å². The molecule has 0 spiro atoms. The molecule has 0 radical (unpaired) electrons. The van der Waals surface area contributed by atoms with Crippen molar-refractivity contribution >= 4 is 17.5 Å². The summed E-state index contributed by atoms with van der Waals surface area (Å²) in [6.45, 7) is 0.496. The molecule has 1 N–H and O–H groups in total. The van der Waals surface area contributed by atoms with Crippen LogP contribution in [0.4, 0.5) is 0 Å². The van der Waals surface area contributed by atoms with Crippen LogP contribution in [0.5, 0.6) is 17.2 Å². The van der Waals surface area contributed by atoms with Gasteiger partial charge in [-0.2, -0.15) is 0 Å². The van der Waals surface area contributed by atoms with Gasteiger partial charge in [-0.15, -0.1) is 0 Å². The quantitative estimate of drug-likeness (QED) is 0.833. The summed E-state index contributed by atoms with van der Waals surface area (Å²) in [4.78, 5) is 12.3. The summed E-state index contributed by atoms with van der Waals surface area (Å²) in [7, 11) is 4.54. The number of hydrogen-bond donors (Lipinski definition) is 1. The molecule has 5 nitrogen and oxygen atoms in total. The first kappa shape index (κ1) is 17.9. The Bertz CT molecular complexity index is 693. The fourth-order valence-corrected chi connectivity index (χ4v) is 2.54. The predicted molar refractivity (Wildman–Crippen MR) is 93.6 cm³/mol. The van der Waals surface area contributed by atoms with Crippen LogP contribution in [0.25, 0.3) is 0 Å². The number of ether oxygens (including phenoxy) is 3. The lowest BCUT2D eigenvalue weighted by atomic mass is 10.1. The zero-order valence-corrected chi connectivity index (χ0v) is 14.6. The Morgan fingerprint density at radius 3 is 2.25 bits per heavy atom. The molecule has 6 heteroatoms. The van der Waals surface area contributed by atoms with E-state index in [0.717, 1.165) is 5.56 Å². The standard InChI is InChI=1S/C18H20ClNO4/c1-22-15-10-13(11-16(23-2)17(15)24-3)18(21)20-8-7-12-5-4-6-14(19)9-12/h4-6,9-11H,7-8H2,1-3H3,(H,20,21). The van der Waals surface area contributed by atoms with Crippen molar-refractivity contribution in [2.24, 2.45) is 0 Å². The van der Waals surface area contributed by atoms with Gasteiger partial charge in [-0.3, -0.25) is 4.79 Å². The van der Waals surface area contributed by atoms with Gasteiger partial charge in [-0.1, -0.05) is 23.7 Å². The first-order valence-electron chi connectivity index (χ1n) is 7.41. The van der Waals surface area contributed by atoms with Crippen molar-refractivity contribution in [1.82, 2.24) is 5.32 Å². The molecule has 0 saturated carbocycles. The molecule has 2 aromatic carbocycles. The molecule has 0 heterocycles. The molecular formula is C18H20ClNO4. The number of rotatable bonds is 7. The third-order valence-electron chi connectivity index (χ3n) is 3.52. The number of amides is 1. The van der Waals surface area contributed by atoms with Crippen LogP contribution in [0.15, 0.2) is 36.4 Å². The topological polar surface area (TPSA) is 56.8 Å². The van der Waals surface area contributed by atoms with Crippen molar-refractivity contribution in [2.75, 3.05) is 27.9 Å². The highest BCUT2D eigenvalue weighted by atomic mass is 35.5. The molecule has 0 atom stereocenters. The Morgan fingerprint density at radius 1 is 1.04 bits per heavy atom. The van der Waals surface area contributed by atoms with Gasteiger partial charge >= 0.3 is 0 Å². The smallest absolute Gasteiger partial charge is 0.251 e. The van der Waals surface area contributed by atoms with E-state index in [0.29, 0.717) is 40.8 Å². The Kier molecular flexibility index (Phi) is 6.32. The minimum Gasteiger partial charge on any atom is -0.493 e. The van der Waals surface area contributed by atoms with Gasteiger partial charge in [0.05, 0.1) is 21.3 Å². The Hall–Kier alpha value is -2.40. The number of halogens is 1. The van der Waals surface area contributed by atoms with E-state index in [1.165, 1.54) is 21.3 Å². The summed E-state index contributed by atoms with van der Waals surface area (Å²) < 4.78 is 15.8. The van der Waals surface area contributed by atoms with Crippen LogP contribution in [0.1, 0.15) is 15.9 Å². The van der Waals surface area contributed by atoms with Crippen molar-refractivity contribution < 1.29 is 19.0 Å². The zero-order valence-electron chi connectivity index (χ0n) is 13.9. The highest BCUT2D eigenvalue weighted by molar-refractivity contribution is 6.30. The average Bonchev–Trinajstić information content (AvgIpc) is 2.60. The molecule has 0 saturated heterocycles. The second-order valence-corrected chi connectivity index (χ2v) is 5.49. The second-order valence-electron chi connectivity index (χ2n) is 5.05. The molecule has 0 bridgehead atoms. The van der Waals surface area contributed by atoms with E-state index in [4.69, 9.17) is 25.8 Å². The monoisotopic (exact) mass is 349 g/mol. The lowest BCUT2D eigenvalue weighted by Crippen LogP contribution is -2.25. The minimum atomic E-state index is -0.212. The van der Waals surface area contributed by atoms with Gasteiger partial charge in [0.1, 0.15) is 0 Å². The van der Waals surface area contributed by atoms with E-state index in [2.05, 4.69) is 5.32 Å². The number of nitrogens with one attached hydrogen (secondary N) is 1. The molecule has 24 heavy (non-hydrogen) atoms. The van der Waals surface area contributed by atoms with Gasteiger partial charge in [-0.25, -0.2) is 0 Å². The second kappa shape index (κ2) is 8.45. The number of methoxy groups -OCH3 is 3. The molecule has 2 rings (SSSR count). The summed E-state index contributed by atoms with van der Waals surface area (Å²) in [5.41, 5.74) is 1.50. The van der Waals surface area contributed by atoms with Crippen LogP contribution in [0.2, 0.25) is 5.02 Å². The first-order valence-corrected chi connectivity index (χ1v) is 7.79. The lowest BCUT2D eigenvalue weighted by Gasteiger charge is -2.14. The summed E-state index contributed by atoms with van der Waals surface area (Å²) in [5.74, 6) is 1.13. The van der Waals surface area contributed by atoms with Crippen molar-refractivity contribution in [3.05, 3.63) is 52.5 Å². The van der Waals surface area contributed by atoms with E-state index in [9.17, 15) is 4.79 Å². The molecule has 0 aliphatic carbocycles. The molecular weight excluding hydrogens is 330 g/mol. The van der Waals surface area contributed by atoms with E-state index < -0.39 is 0 Å². The van der Waals surface area contributed by atoms with E-state index in [1.807, 2.05) is 24.3 Å². The molecule has 1 amide bonds. The van der Waals surface area contributed by atoms with Crippen molar-refractivity contribution in [1.29, 1.82) is 0 Å². The molecule has 0 aliphatic rings. The van der Waals surface area contributed by atoms with E-state index >= 15 is 0 Å². The molecule has 0 aromatic heterocycles. The van der Waals surface area contributed by atoms with Gasteiger partial charge in [-0.05, 0) is 36.2 Å². The predicted octanol–water partition coefficient (Wildman–Crippen LogP) is 3.34. The molecule has 2 aromatic rings. The van der Waals surface area contributed by atoms with Crippen molar-refractivity contribution in [3.63, 3.8) is 0 Å². The fraction of sp³-hybridized carbons (Fsp3) is 0.278. The van der Waals surface area contributed by atoms with Crippen LogP contribution in [0.3, 0.4) is 0 Å². The normalized spacial score (nSPS) is 10.2. The van der Waals surface area contributed by atoms with Crippen molar-refractivity contribution in [2.45, 2.75) is 6.42 Å². The molecule has 128 valence electrons. The Balaban J connectivity index is 2.06. The minimum absolute atomic E-state index is 0.212. The summed E-state index contributed by atoms with van der Waals surface area (Å²) in [6.07, 6.45) is 0.691. The number of benzene rings is 2. The maximum Gasteiger partial charge on any atom is 0.251 e. The largest absolute Gasteiger partial charge is 0.493 e. The highest BCUT2D eigenvalue weighted by Crippen LogP contribution is 2.38. The summed E-state index contributed by atoms with van der Waals surface area (Å²) in [6, 6.07) is 10.8. The third-order valence-corrected chi connectivity index (χ3v) is 3.75. The molecule has 0 fully saturated rings. The van der Waals surface area contributed by atoms with Gasteiger partial charge in [0, 0.05) is 17.1 Å². The number of carbonyl (C=O) groups is 1. The van der Waals surface area contributed by atoms with E-state index in [1.54, 1.807) is 12.1 Å². The Labute approximate surface area is 146 Å². The number of hydrogen-bond acceptors (Lipinski definition) is 4. The van der Waals surface area contributed by atoms with E-state index in [-0.39, 0.29) is 5.91 Å². The average molecular weight is 350 g/mol. The Morgan fingerprint density at radius 2 is 1.71 bits per heavy atom. The highest BCUT2D eigenvalue weighted by Gasteiger charge is 2.16. The van der Waals surface area contributed by atoms with Crippen LogP contribution in [-0.4, -0.2) is 33.8 Å². The maximum absolute atomic E-state index is 12.3. The summed E-state index contributed by atoms with van der Waals surface area (Å²) >= 11 is 5.95. The van der Waals surface area contributed by atoms with Gasteiger partial charge in [0.15, 0.2) is 11.5 Å². The first-order chi connectivity index (χ1) is 11.6. The van der Waals surface area contributed by atoms with Crippen LogP contribution in [0, 0.1) is 0 Å². The fourth-order valence-electron chi connectivity index (χ4n) is 2.33. The zero-order chi connectivity index (χ0) is 17.5. The van der Waals surface area contributed by atoms with Crippen LogP contribution < -0.4 is 19.5 Å². The third kappa shape index (κ3) is 4.32. The van der Waals surface area contributed by atoms with Gasteiger partial charge < -0.3 is 19.5 Å². The lowest BCUT2D eigenvalue weighted by molar-refractivity contribution is 0.0953. The van der Waals surface area contributed by atoms with Gasteiger partial charge in [0.2, 0.25) is 5.75 Å².